The molecule has 2 amide bonds. The number of benzene rings is 2. The molecule has 7 nitrogen and oxygen atoms in total. The minimum Gasteiger partial charge on any atom is -0.484 e. The second-order valence-corrected chi connectivity index (χ2v) is 8.42. The number of oxazole rings is 1. The van der Waals surface area contributed by atoms with Crippen molar-refractivity contribution in [2.24, 2.45) is 0 Å². The van der Waals surface area contributed by atoms with Gasteiger partial charge in [-0.25, -0.2) is 4.98 Å². The molecule has 172 valence electrons. The molecule has 1 saturated heterocycles. The van der Waals surface area contributed by atoms with E-state index in [0.29, 0.717) is 61.4 Å². The first kappa shape index (κ1) is 22.9. The van der Waals surface area contributed by atoms with Gasteiger partial charge in [-0.1, -0.05) is 41.4 Å². The average Bonchev–Trinajstić information content (AvgIpc) is 3.31. The molecule has 1 aromatic heterocycles. The van der Waals surface area contributed by atoms with Crippen molar-refractivity contribution in [2.45, 2.75) is 19.8 Å². The average molecular weight is 468 g/mol. The van der Waals surface area contributed by atoms with Crippen LogP contribution in [0.1, 0.15) is 17.9 Å². The van der Waals surface area contributed by atoms with Gasteiger partial charge in [0.2, 0.25) is 5.91 Å². The fourth-order valence-corrected chi connectivity index (χ4v) is 3.75. The van der Waals surface area contributed by atoms with Crippen molar-refractivity contribution >= 4 is 23.4 Å². The van der Waals surface area contributed by atoms with Gasteiger partial charge in [-0.2, -0.15) is 0 Å². The number of nitrogens with zero attached hydrogens (tertiary/aromatic N) is 3. The van der Waals surface area contributed by atoms with Gasteiger partial charge in [-0.05, 0) is 31.2 Å². The largest absolute Gasteiger partial charge is 0.484 e. The van der Waals surface area contributed by atoms with Crippen LogP contribution in [0.15, 0.2) is 59.1 Å². The van der Waals surface area contributed by atoms with E-state index in [1.54, 1.807) is 40.3 Å². The monoisotopic (exact) mass is 467 g/mol. The van der Waals surface area contributed by atoms with E-state index in [1.165, 1.54) is 5.56 Å². The molecule has 0 spiro atoms. The first-order chi connectivity index (χ1) is 16.0. The topological polar surface area (TPSA) is 75.9 Å². The number of amides is 2. The van der Waals surface area contributed by atoms with E-state index in [-0.39, 0.29) is 18.4 Å². The molecule has 0 radical (unpaired) electrons. The van der Waals surface area contributed by atoms with Crippen molar-refractivity contribution in [1.29, 1.82) is 0 Å². The van der Waals surface area contributed by atoms with Crippen LogP contribution in [0.25, 0.3) is 11.3 Å². The lowest BCUT2D eigenvalue weighted by Crippen LogP contribution is -2.51. The zero-order valence-electron chi connectivity index (χ0n) is 18.5. The summed E-state index contributed by atoms with van der Waals surface area (Å²) in [6.45, 7) is 3.99. The number of ether oxygens (including phenoxy) is 1. The van der Waals surface area contributed by atoms with Gasteiger partial charge in [0, 0.05) is 49.6 Å². The molecule has 2 heterocycles. The van der Waals surface area contributed by atoms with E-state index < -0.39 is 0 Å². The zero-order valence-corrected chi connectivity index (χ0v) is 19.3. The molecule has 1 fully saturated rings. The number of hydrogen-bond acceptors (Lipinski definition) is 5. The molecule has 33 heavy (non-hydrogen) atoms. The summed E-state index contributed by atoms with van der Waals surface area (Å²) in [6.07, 6.45) is 2.46. The van der Waals surface area contributed by atoms with Crippen LogP contribution in [-0.4, -0.2) is 59.4 Å². The molecule has 0 bridgehead atoms. The maximum atomic E-state index is 12.6. The quantitative estimate of drug-likeness (QED) is 0.525. The molecule has 8 heteroatoms. The molecule has 0 N–H and O–H groups in total. The SMILES string of the molecule is Cc1ccc(-c2cnc(CCC(=O)N3CCN(C(=O)COc4ccc(Cl)cc4)CC3)o2)cc1. The number of halogens is 1. The number of hydrogen-bond donors (Lipinski definition) is 0. The van der Waals surface area contributed by atoms with E-state index >= 15 is 0 Å². The summed E-state index contributed by atoms with van der Waals surface area (Å²) in [6, 6.07) is 14.9. The van der Waals surface area contributed by atoms with Crippen LogP contribution in [0.5, 0.6) is 5.75 Å². The molecular formula is C25H26ClN3O4. The number of aromatic nitrogens is 1. The summed E-state index contributed by atoms with van der Waals surface area (Å²) < 4.78 is 11.3. The number of carbonyl (C=O) groups is 2. The Bertz CT molecular complexity index is 1090. The van der Waals surface area contributed by atoms with E-state index in [0.717, 1.165) is 5.56 Å². The Kier molecular flexibility index (Phi) is 7.29. The molecule has 3 aromatic rings. The summed E-state index contributed by atoms with van der Waals surface area (Å²) in [5.74, 6) is 1.78. The molecule has 0 aliphatic carbocycles. The second kappa shape index (κ2) is 10.5. The maximum absolute atomic E-state index is 12.6. The lowest BCUT2D eigenvalue weighted by molar-refractivity contribution is -0.140. The van der Waals surface area contributed by atoms with Crippen molar-refractivity contribution in [3.05, 3.63) is 71.2 Å². The van der Waals surface area contributed by atoms with Gasteiger partial charge in [0.1, 0.15) is 5.75 Å². The summed E-state index contributed by atoms with van der Waals surface area (Å²) >= 11 is 5.85. The van der Waals surface area contributed by atoms with Crippen LogP contribution in [0, 0.1) is 6.92 Å². The highest BCUT2D eigenvalue weighted by atomic mass is 35.5. The van der Waals surface area contributed by atoms with Gasteiger partial charge in [-0.3, -0.25) is 9.59 Å². The molecule has 1 aliphatic rings. The molecular weight excluding hydrogens is 442 g/mol. The molecule has 1 aliphatic heterocycles. The van der Waals surface area contributed by atoms with Crippen molar-refractivity contribution in [3.8, 4) is 17.1 Å². The van der Waals surface area contributed by atoms with Gasteiger partial charge < -0.3 is 19.0 Å². The number of aryl methyl sites for hydroxylation is 2. The van der Waals surface area contributed by atoms with Crippen molar-refractivity contribution in [1.82, 2.24) is 14.8 Å². The smallest absolute Gasteiger partial charge is 0.260 e. The van der Waals surface area contributed by atoms with Gasteiger partial charge in [-0.15, -0.1) is 0 Å². The van der Waals surface area contributed by atoms with E-state index in [1.807, 2.05) is 31.2 Å². The first-order valence-electron chi connectivity index (χ1n) is 10.9. The Morgan fingerprint density at radius 1 is 0.970 bits per heavy atom. The maximum Gasteiger partial charge on any atom is 0.260 e. The number of piperazine rings is 1. The van der Waals surface area contributed by atoms with Gasteiger partial charge >= 0.3 is 0 Å². The van der Waals surface area contributed by atoms with Crippen LogP contribution in [0.3, 0.4) is 0 Å². The summed E-state index contributed by atoms with van der Waals surface area (Å²) in [7, 11) is 0. The standard InChI is InChI=1S/C25H26ClN3O4/c1-18-2-4-19(5-3-18)22-16-27-23(33-22)10-11-24(30)28-12-14-29(15-13-28)25(31)17-32-21-8-6-20(26)7-9-21/h2-9,16H,10-15,17H2,1H3. The highest BCUT2D eigenvalue weighted by Crippen LogP contribution is 2.21. The van der Waals surface area contributed by atoms with Gasteiger partial charge in [0.25, 0.3) is 5.91 Å². The minimum absolute atomic E-state index is 0.0367. The summed E-state index contributed by atoms with van der Waals surface area (Å²) in [5.41, 5.74) is 2.14. The Labute approximate surface area is 197 Å². The summed E-state index contributed by atoms with van der Waals surface area (Å²) in [5, 5.41) is 0.615. The predicted octanol–water partition coefficient (Wildman–Crippen LogP) is 3.99. The zero-order chi connectivity index (χ0) is 23.2. The third-order valence-electron chi connectivity index (χ3n) is 5.60. The fraction of sp³-hybridized carbons (Fsp3) is 0.320. The van der Waals surface area contributed by atoms with Crippen LogP contribution >= 0.6 is 11.6 Å². The second-order valence-electron chi connectivity index (χ2n) is 7.99. The van der Waals surface area contributed by atoms with E-state index in [2.05, 4.69) is 4.98 Å². The van der Waals surface area contributed by atoms with Crippen LogP contribution in [-0.2, 0) is 16.0 Å². The highest BCUT2D eigenvalue weighted by Gasteiger charge is 2.24. The summed E-state index contributed by atoms with van der Waals surface area (Å²) in [4.78, 5) is 32.8. The third kappa shape index (κ3) is 6.14. The van der Waals surface area contributed by atoms with E-state index in [4.69, 9.17) is 20.8 Å². The van der Waals surface area contributed by atoms with Crippen molar-refractivity contribution in [3.63, 3.8) is 0 Å². The van der Waals surface area contributed by atoms with Gasteiger partial charge in [0.15, 0.2) is 18.3 Å². The molecule has 0 atom stereocenters. The fourth-order valence-electron chi connectivity index (χ4n) is 3.62. The highest BCUT2D eigenvalue weighted by molar-refractivity contribution is 6.30. The predicted molar refractivity (Wildman–Crippen MR) is 125 cm³/mol. The number of carbonyl (C=O) groups excluding carboxylic acids is 2. The normalized spacial score (nSPS) is 13.8. The van der Waals surface area contributed by atoms with Crippen LogP contribution in [0.2, 0.25) is 5.02 Å². The van der Waals surface area contributed by atoms with Crippen LogP contribution in [0.4, 0.5) is 0 Å². The molecule has 4 rings (SSSR count). The lowest BCUT2D eigenvalue weighted by atomic mass is 10.1. The van der Waals surface area contributed by atoms with E-state index in [9.17, 15) is 9.59 Å². The Morgan fingerprint density at radius 3 is 2.27 bits per heavy atom. The molecule has 0 saturated carbocycles. The Morgan fingerprint density at radius 2 is 1.61 bits per heavy atom. The Balaban J connectivity index is 1.20. The third-order valence-corrected chi connectivity index (χ3v) is 5.86. The van der Waals surface area contributed by atoms with Gasteiger partial charge in [0.05, 0.1) is 6.20 Å². The molecule has 0 unspecified atom stereocenters. The number of rotatable bonds is 7. The minimum atomic E-state index is -0.0968. The molecule has 2 aromatic carbocycles. The van der Waals surface area contributed by atoms with Crippen LogP contribution < -0.4 is 4.74 Å². The van der Waals surface area contributed by atoms with Crippen molar-refractivity contribution < 1.29 is 18.7 Å². The lowest BCUT2D eigenvalue weighted by Gasteiger charge is -2.34. The Hall–Kier alpha value is -3.32. The van der Waals surface area contributed by atoms with Crippen molar-refractivity contribution in [2.75, 3.05) is 32.8 Å². The first-order valence-corrected chi connectivity index (χ1v) is 11.3.